The molecule has 0 amide bonds. The van der Waals surface area contributed by atoms with Crippen LogP contribution in [0.3, 0.4) is 0 Å². The molecular weight excluding hydrogens is 218 g/mol. The van der Waals surface area contributed by atoms with Gasteiger partial charge in [-0.05, 0) is 12.1 Å². The van der Waals surface area contributed by atoms with E-state index in [2.05, 4.69) is 4.42 Å². The third-order valence-electron chi connectivity index (χ3n) is 1.87. The van der Waals surface area contributed by atoms with Crippen molar-refractivity contribution >= 4 is 11.9 Å². The lowest BCUT2D eigenvalue weighted by atomic mass is 10.1. The minimum Gasteiger partial charge on any atom is -0.480 e. The molecule has 1 unspecified atom stereocenters. The van der Waals surface area contributed by atoms with E-state index in [0.717, 1.165) is 6.07 Å². The molecule has 0 saturated heterocycles. The molecule has 16 heavy (non-hydrogen) atoms. The lowest BCUT2D eigenvalue weighted by molar-refractivity contribution is -0.138. The molecule has 0 aliphatic rings. The highest BCUT2D eigenvalue weighted by Gasteiger charge is 2.16. The first kappa shape index (κ1) is 11.9. The van der Waals surface area contributed by atoms with Crippen LogP contribution >= 0.6 is 0 Å². The summed E-state index contributed by atoms with van der Waals surface area (Å²) in [5.41, 5.74) is 4.35. The van der Waals surface area contributed by atoms with Crippen LogP contribution in [0, 0.1) is 0 Å². The predicted octanol–water partition coefficient (Wildman–Crippen LogP) is -0.708. The molecule has 1 heterocycles. The zero-order valence-corrected chi connectivity index (χ0v) is 8.04. The van der Waals surface area contributed by atoms with Gasteiger partial charge in [-0.15, -0.1) is 0 Å². The summed E-state index contributed by atoms with van der Waals surface area (Å²) in [6, 6.07) is 1.05. The zero-order chi connectivity index (χ0) is 12.3. The van der Waals surface area contributed by atoms with Crippen molar-refractivity contribution < 1.29 is 24.2 Å². The van der Waals surface area contributed by atoms with Crippen molar-refractivity contribution in [1.82, 2.24) is 0 Å². The van der Waals surface area contributed by atoms with Gasteiger partial charge >= 0.3 is 17.6 Å². The van der Waals surface area contributed by atoms with E-state index in [-0.39, 0.29) is 12.0 Å². The van der Waals surface area contributed by atoms with Crippen molar-refractivity contribution in [2.75, 3.05) is 0 Å². The predicted molar refractivity (Wildman–Crippen MR) is 51.3 cm³/mol. The molecule has 86 valence electrons. The smallest absolute Gasteiger partial charge is 0.371 e. The van der Waals surface area contributed by atoms with Gasteiger partial charge in [-0.3, -0.25) is 4.79 Å². The van der Waals surface area contributed by atoms with Gasteiger partial charge < -0.3 is 20.4 Å². The van der Waals surface area contributed by atoms with Gasteiger partial charge in [0.05, 0.1) is 0 Å². The van der Waals surface area contributed by atoms with Gasteiger partial charge in [0, 0.05) is 12.0 Å². The van der Waals surface area contributed by atoms with E-state index < -0.39 is 29.4 Å². The number of hydrogen-bond acceptors (Lipinski definition) is 5. The van der Waals surface area contributed by atoms with Crippen molar-refractivity contribution in [2.45, 2.75) is 12.5 Å². The van der Waals surface area contributed by atoms with Crippen molar-refractivity contribution in [3.05, 3.63) is 33.9 Å². The zero-order valence-electron chi connectivity index (χ0n) is 8.04. The molecule has 1 rings (SSSR count). The summed E-state index contributed by atoms with van der Waals surface area (Å²) < 4.78 is 4.45. The van der Waals surface area contributed by atoms with Crippen LogP contribution in [0.4, 0.5) is 0 Å². The van der Waals surface area contributed by atoms with Crippen molar-refractivity contribution in [1.29, 1.82) is 0 Å². The summed E-state index contributed by atoms with van der Waals surface area (Å²) in [5.74, 6) is -3.12. The topological polar surface area (TPSA) is 131 Å². The summed E-state index contributed by atoms with van der Waals surface area (Å²) in [5, 5.41) is 17.0. The van der Waals surface area contributed by atoms with Gasteiger partial charge in [-0.2, -0.15) is 0 Å². The van der Waals surface area contributed by atoms with Crippen LogP contribution in [-0.2, 0) is 11.2 Å². The van der Waals surface area contributed by atoms with E-state index in [1.807, 2.05) is 0 Å². The molecular formula is C9H9NO6. The Morgan fingerprint density at radius 3 is 2.44 bits per heavy atom. The van der Waals surface area contributed by atoms with Crippen molar-refractivity contribution in [3.8, 4) is 0 Å². The Kier molecular flexibility index (Phi) is 3.41. The quantitative estimate of drug-likeness (QED) is 0.619. The van der Waals surface area contributed by atoms with Crippen LogP contribution in [-0.4, -0.2) is 28.2 Å². The second kappa shape index (κ2) is 4.58. The highest BCUT2D eigenvalue weighted by molar-refractivity contribution is 5.84. The van der Waals surface area contributed by atoms with Crippen LogP contribution in [0.1, 0.15) is 16.1 Å². The third-order valence-corrected chi connectivity index (χ3v) is 1.87. The van der Waals surface area contributed by atoms with Gasteiger partial charge in [0.2, 0.25) is 5.76 Å². The molecule has 4 N–H and O–H groups in total. The van der Waals surface area contributed by atoms with Crippen molar-refractivity contribution in [2.24, 2.45) is 5.73 Å². The monoisotopic (exact) mass is 227 g/mol. The van der Waals surface area contributed by atoms with E-state index in [1.165, 1.54) is 6.07 Å². The molecule has 7 heteroatoms. The van der Waals surface area contributed by atoms with Gasteiger partial charge in [0.1, 0.15) is 6.04 Å². The number of aliphatic carboxylic acids is 1. The molecule has 0 aliphatic carbocycles. The summed E-state index contributed by atoms with van der Waals surface area (Å²) >= 11 is 0. The molecule has 0 aliphatic heterocycles. The molecule has 1 aromatic heterocycles. The Balaban J connectivity index is 2.96. The molecule has 0 fully saturated rings. The molecule has 0 spiro atoms. The average Bonchev–Trinajstić information content (AvgIpc) is 2.20. The second-order valence-electron chi connectivity index (χ2n) is 3.07. The Morgan fingerprint density at radius 2 is 2.00 bits per heavy atom. The summed E-state index contributed by atoms with van der Waals surface area (Å²) in [6.45, 7) is 0. The molecule has 0 aromatic carbocycles. The van der Waals surface area contributed by atoms with Crippen molar-refractivity contribution in [3.63, 3.8) is 0 Å². The standard InChI is InChI=1S/C9H9NO6/c10-5(7(11)12)3-4-1-2-6(8(13)14)16-9(4)15/h1-2,5H,3,10H2,(H,11,12)(H,13,14). The number of aromatic carboxylic acids is 1. The number of carbonyl (C=O) groups is 2. The van der Waals surface area contributed by atoms with Crippen LogP contribution in [0.15, 0.2) is 21.3 Å². The molecule has 1 atom stereocenters. The van der Waals surface area contributed by atoms with Crippen LogP contribution in [0.5, 0.6) is 0 Å². The van der Waals surface area contributed by atoms with E-state index in [9.17, 15) is 14.4 Å². The number of carboxylic acid groups (broad SMARTS) is 2. The minimum absolute atomic E-state index is 0.0277. The molecule has 0 saturated carbocycles. The normalized spacial score (nSPS) is 12.1. The number of hydrogen-bond donors (Lipinski definition) is 3. The first-order valence-electron chi connectivity index (χ1n) is 4.26. The van der Waals surface area contributed by atoms with E-state index in [1.54, 1.807) is 0 Å². The second-order valence-corrected chi connectivity index (χ2v) is 3.07. The van der Waals surface area contributed by atoms with Crippen LogP contribution in [0.2, 0.25) is 0 Å². The maximum atomic E-state index is 11.2. The Labute approximate surface area is 89.1 Å². The first-order chi connectivity index (χ1) is 7.41. The maximum Gasteiger partial charge on any atom is 0.371 e. The first-order valence-corrected chi connectivity index (χ1v) is 4.26. The fourth-order valence-electron chi connectivity index (χ4n) is 1.03. The number of rotatable bonds is 4. The fraction of sp³-hybridized carbons (Fsp3) is 0.222. The summed E-state index contributed by atoms with van der Waals surface area (Å²) in [6.07, 6.45) is -0.211. The van der Waals surface area contributed by atoms with Gasteiger partial charge in [0.15, 0.2) is 0 Å². The van der Waals surface area contributed by atoms with Crippen LogP contribution < -0.4 is 11.4 Å². The largest absolute Gasteiger partial charge is 0.480 e. The van der Waals surface area contributed by atoms with E-state index in [0.29, 0.717) is 0 Å². The SMILES string of the molecule is NC(Cc1ccc(C(=O)O)oc1=O)C(=O)O. The summed E-state index contributed by atoms with van der Waals surface area (Å²) in [7, 11) is 0. The Bertz CT molecular complexity index is 477. The Morgan fingerprint density at radius 1 is 1.38 bits per heavy atom. The van der Waals surface area contributed by atoms with E-state index >= 15 is 0 Å². The number of nitrogens with two attached hydrogens (primary N) is 1. The van der Waals surface area contributed by atoms with E-state index in [4.69, 9.17) is 15.9 Å². The Hall–Kier alpha value is -2.15. The average molecular weight is 227 g/mol. The molecule has 7 nitrogen and oxygen atoms in total. The highest BCUT2D eigenvalue weighted by atomic mass is 16.4. The van der Waals surface area contributed by atoms with Gasteiger partial charge in [-0.1, -0.05) is 0 Å². The summed E-state index contributed by atoms with van der Waals surface area (Å²) in [4.78, 5) is 32.1. The maximum absolute atomic E-state index is 11.2. The third kappa shape index (κ3) is 2.67. The van der Waals surface area contributed by atoms with Crippen LogP contribution in [0.25, 0.3) is 0 Å². The molecule has 0 bridgehead atoms. The van der Waals surface area contributed by atoms with Gasteiger partial charge in [0.25, 0.3) is 0 Å². The molecule has 1 aromatic rings. The lowest BCUT2D eigenvalue weighted by Gasteiger charge is -2.04. The minimum atomic E-state index is -1.37. The lowest BCUT2D eigenvalue weighted by Crippen LogP contribution is -2.34. The fourth-order valence-corrected chi connectivity index (χ4v) is 1.03. The van der Waals surface area contributed by atoms with Gasteiger partial charge in [-0.25, -0.2) is 9.59 Å². The number of carboxylic acids is 2. The molecule has 0 radical (unpaired) electrons. The highest BCUT2D eigenvalue weighted by Crippen LogP contribution is 2.01.